The molecular weight excluding hydrogens is 340 g/mol. The molecule has 1 amide bonds. The van der Waals surface area contributed by atoms with Crippen LogP contribution in [0.1, 0.15) is 55.8 Å². The Morgan fingerprint density at radius 1 is 1.36 bits per heavy atom. The van der Waals surface area contributed by atoms with E-state index < -0.39 is 5.54 Å². The van der Waals surface area contributed by atoms with Gasteiger partial charge in [-0.3, -0.25) is 4.79 Å². The van der Waals surface area contributed by atoms with Crippen LogP contribution in [0.25, 0.3) is 0 Å². The minimum absolute atomic E-state index is 0. The molecule has 0 bridgehead atoms. The second kappa shape index (κ2) is 6.77. The predicted octanol–water partition coefficient (Wildman–Crippen LogP) is 2.91. The van der Waals surface area contributed by atoms with Crippen LogP contribution in [0, 0.1) is 0 Å². The lowest BCUT2D eigenvalue weighted by molar-refractivity contribution is -0.117. The molecule has 1 aliphatic carbocycles. The highest BCUT2D eigenvalue weighted by atomic mass is 35.5. The lowest BCUT2D eigenvalue weighted by Crippen LogP contribution is -2.44. The molecule has 6 nitrogen and oxygen atoms in total. The Morgan fingerprint density at radius 2 is 2.12 bits per heavy atom. The Morgan fingerprint density at radius 3 is 2.80 bits per heavy atom. The number of carbonyl (C=O) groups is 1. The summed E-state index contributed by atoms with van der Waals surface area (Å²) < 4.78 is 5.44. The number of halogens is 1. The number of aryl methyl sites for hydroxylation is 1. The first kappa shape index (κ1) is 17.9. The predicted molar refractivity (Wildman–Crippen MR) is 96.8 cm³/mol. The van der Waals surface area contributed by atoms with E-state index in [9.17, 15) is 4.79 Å². The Bertz CT molecular complexity index is 772. The van der Waals surface area contributed by atoms with Crippen molar-refractivity contribution in [2.75, 3.05) is 11.4 Å². The summed E-state index contributed by atoms with van der Waals surface area (Å²) in [5, 5.41) is 4.07. The normalized spacial score (nSPS) is 21.8. The summed E-state index contributed by atoms with van der Waals surface area (Å²) >= 11 is 0. The van der Waals surface area contributed by atoms with Gasteiger partial charge in [-0.2, -0.15) is 4.98 Å². The highest BCUT2D eigenvalue weighted by molar-refractivity contribution is 5.97. The third-order valence-corrected chi connectivity index (χ3v) is 5.27. The molecule has 1 aliphatic heterocycles. The average Bonchev–Trinajstić information content (AvgIpc) is 3.19. The van der Waals surface area contributed by atoms with Gasteiger partial charge in [0, 0.05) is 18.7 Å². The Kier molecular flexibility index (Phi) is 4.84. The summed E-state index contributed by atoms with van der Waals surface area (Å²) in [6.45, 7) is 2.68. The van der Waals surface area contributed by atoms with Gasteiger partial charge in [-0.25, -0.2) is 0 Å². The molecule has 25 heavy (non-hydrogen) atoms. The summed E-state index contributed by atoms with van der Waals surface area (Å²) in [5.41, 5.74) is 7.99. The molecule has 7 heteroatoms. The smallest absolute Gasteiger partial charge is 0.232 e. The SMILES string of the molecule is CCc1ccccc1N1CC(c2nc(C3(N)CCC3)no2)CC1=O.Cl. The first-order valence-electron chi connectivity index (χ1n) is 8.62. The number of rotatable bonds is 4. The standard InChI is InChI=1S/C18H22N4O2.ClH/c1-2-12-6-3-4-7-14(12)22-11-13(10-15(22)23)16-20-17(21-24-16)18(19)8-5-9-18;/h3-4,6-7,13H,2,5,8-11,19H2,1H3;1H. The van der Waals surface area contributed by atoms with Gasteiger partial charge in [0.2, 0.25) is 11.8 Å². The van der Waals surface area contributed by atoms with Gasteiger partial charge < -0.3 is 15.2 Å². The molecule has 4 rings (SSSR count). The number of nitrogens with zero attached hydrogens (tertiary/aromatic N) is 3. The molecule has 134 valence electrons. The molecule has 1 saturated carbocycles. The van der Waals surface area contributed by atoms with Gasteiger partial charge >= 0.3 is 0 Å². The van der Waals surface area contributed by atoms with Crippen LogP contribution in [0.2, 0.25) is 0 Å². The number of para-hydroxylation sites is 1. The van der Waals surface area contributed by atoms with Gasteiger partial charge in [0.15, 0.2) is 5.82 Å². The quantitative estimate of drug-likeness (QED) is 0.903. The zero-order valence-corrected chi connectivity index (χ0v) is 15.1. The number of hydrogen-bond acceptors (Lipinski definition) is 5. The van der Waals surface area contributed by atoms with E-state index in [0.717, 1.165) is 31.4 Å². The molecule has 0 radical (unpaired) electrons. The van der Waals surface area contributed by atoms with Gasteiger partial charge in [-0.05, 0) is 37.3 Å². The fourth-order valence-electron chi connectivity index (χ4n) is 3.56. The molecule has 2 fully saturated rings. The first-order chi connectivity index (χ1) is 11.6. The maximum atomic E-state index is 12.5. The highest BCUT2D eigenvalue weighted by Gasteiger charge is 2.41. The van der Waals surface area contributed by atoms with E-state index in [2.05, 4.69) is 23.1 Å². The van der Waals surface area contributed by atoms with Crippen molar-refractivity contribution < 1.29 is 9.32 Å². The Hall–Kier alpha value is -1.92. The first-order valence-corrected chi connectivity index (χ1v) is 8.62. The van der Waals surface area contributed by atoms with Crippen LogP contribution in [0.5, 0.6) is 0 Å². The topological polar surface area (TPSA) is 85.2 Å². The third kappa shape index (κ3) is 3.04. The highest BCUT2D eigenvalue weighted by Crippen LogP contribution is 2.38. The number of amides is 1. The van der Waals surface area contributed by atoms with Gasteiger partial charge in [0.1, 0.15) is 0 Å². The van der Waals surface area contributed by atoms with Crippen molar-refractivity contribution in [2.45, 2.75) is 50.5 Å². The zero-order valence-electron chi connectivity index (χ0n) is 14.3. The van der Waals surface area contributed by atoms with Crippen molar-refractivity contribution in [3.05, 3.63) is 41.5 Å². The lowest BCUT2D eigenvalue weighted by atomic mass is 9.77. The summed E-state index contributed by atoms with van der Waals surface area (Å²) in [6, 6.07) is 8.04. The van der Waals surface area contributed by atoms with Gasteiger partial charge in [0.05, 0.1) is 11.5 Å². The third-order valence-electron chi connectivity index (χ3n) is 5.27. The van der Waals surface area contributed by atoms with Crippen LogP contribution in [0.4, 0.5) is 5.69 Å². The Labute approximate surface area is 153 Å². The van der Waals surface area contributed by atoms with E-state index >= 15 is 0 Å². The molecular formula is C18H23ClN4O2. The number of hydrogen-bond donors (Lipinski definition) is 1. The van der Waals surface area contributed by atoms with E-state index in [1.165, 1.54) is 5.56 Å². The van der Waals surface area contributed by atoms with Gasteiger partial charge in [-0.15, -0.1) is 12.4 Å². The van der Waals surface area contributed by atoms with E-state index in [1.807, 2.05) is 23.1 Å². The number of aromatic nitrogens is 2. The molecule has 1 aromatic heterocycles. The van der Waals surface area contributed by atoms with Crippen LogP contribution in [-0.2, 0) is 16.8 Å². The number of nitrogens with two attached hydrogens (primary N) is 1. The molecule has 1 atom stereocenters. The minimum Gasteiger partial charge on any atom is -0.339 e. The van der Waals surface area contributed by atoms with Crippen LogP contribution in [0.15, 0.2) is 28.8 Å². The summed E-state index contributed by atoms with van der Waals surface area (Å²) in [7, 11) is 0. The largest absolute Gasteiger partial charge is 0.339 e. The molecule has 2 aliphatic rings. The maximum absolute atomic E-state index is 12.5. The van der Waals surface area contributed by atoms with E-state index in [-0.39, 0.29) is 24.2 Å². The van der Waals surface area contributed by atoms with Crippen molar-refractivity contribution in [3.8, 4) is 0 Å². The number of carbonyl (C=O) groups excluding carboxylic acids is 1. The molecule has 0 spiro atoms. The monoisotopic (exact) mass is 362 g/mol. The second-order valence-corrected chi connectivity index (χ2v) is 6.85. The summed E-state index contributed by atoms with van der Waals surface area (Å²) in [4.78, 5) is 18.9. The van der Waals surface area contributed by atoms with Crippen LogP contribution >= 0.6 is 12.4 Å². The fourth-order valence-corrected chi connectivity index (χ4v) is 3.56. The minimum atomic E-state index is -0.432. The van der Waals surface area contributed by atoms with Crippen LogP contribution in [0.3, 0.4) is 0 Å². The van der Waals surface area contributed by atoms with Crippen molar-refractivity contribution in [3.63, 3.8) is 0 Å². The van der Waals surface area contributed by atoms with E-state index in [4.69, 9.17) is 10.3 Å². The number of anilines is 1. The second-order valence-electron chi connectivity index (χ2n) is 6.85. The van der Waals surface area contributed by atoms with E-state index in [1.54, 1.807) is 0 Å². The summed E-state index contributed by atoms with van der Waals surface area (Å²) in [5.74, 6) is 1.16. The molecule has 2 N–H and O–H groups in total. The Balaban J connectivity index is 0.00000182. The average molecular weight is 363 g/mol. The molecule has 1 unspecified atom stereocenters. The zero-order chi connectivity index (χ0) is 16.7. The van der Waals surface area contributed by atoms with Crippen molar-refractivity contribution in [1.29, 1.82) is 0 Å². The van der Waals surface area contributed by atoms with Crippen molar-refractivity contribution >= 4 is 24.0 Å². The molecule has 2 heterocycles. The van der Waals surface area contributed by atoms with Gasteiger partial charge in [0.25, 0.3) is 0 Å². The summed E-state index contributed by atoms with van der Waals surface area (Å²) in [6.07, 6.45) is 4.18. The fraction of sp³-hybridized carbons (Fsp3) is 0.500. The number of benzene rings is 1. The molecule has 1 aromatic carbocycles. The molecule has 2 aromatic rings. The lowest BCUT2D eigenvalue weighted by Gasteiger charge is -2.34. The van der Waals surface area contributed by atoms with Crippen LogP contribution < -0.4 is 10.6 Å². The van der Waals surface area contributed by atoms with Crippen LogP contribution in [-0.4, -0.2) is 22.6 Å². The van der Waals surface area contributed by atoms with E-state index in [0.29, 0.717) is 24.7 Å². The van der Waals surface area contributed by atoms with Gasteiger partial charge in [-0.1, -0.05) is 30.3 Å². The van der Waals surface area contributed by atoms with Crippen molar-refractivity contribution in [2.24, 2.45) is 5.73 Å². The molecule has 1 saturated heterocycles. The maximum Gasteiger partial charge on any atom is 0.232 e. The van der Waals surface area contributed by atoms with Crippen molar-refractivity contribution in [1.82, 2.24) is 10.1 Å².